The van der Waals surface area contributed by atoms with E-state index in [2.05, 4.69) is 4.98 Å². The maximum absolute atomic E-state index is 12.9. The molecule has 0 unspecified atom stereocenters. The number of nitriles is 1. The SMILES string of the molecule is CC(C)N1Cc2cc(-c3ccc(CCN(C#N)C(=O)N(C(=O)O)C4CCCCC4)cc3)cnc2C1=O. The fourth-order valence-corrected chi connectivity index (χ4v) is 4.95. The summed E-state index contributed by atoms with van der Waals surface area (Å²) in [4.78, 5) is 45.1. The van der Waals surface area contributed by atoms with Crippen LogP contribution in [0.3, 0.4) is 0 Å². The summed E-state index contributed by atoms with van der Waals surface area (Å²) in [6.45, 7) is 4.62. The minimum Gasteiger partial charge on any atom is -0.465 e. The molecule has 0 saturated heterocycles. The van der Waals surface area contributed by atoms with Gasteiger partial charge in [-0.3, -0.25) is 9.78 Å². The Hall–Kier alpha value is -3.93. The Labute approximate surface area is 210 Å². The van der Waals surface area contributed by atoms with Gasteiger partial charge in [-0.1, -0.05) is 43.5 Å². The number of rotatable bonds is 6. The van der Waals surface area contributed by atoms with Crippen molar-refractivity contribution in [2.45, 2.75) is 71.0 Å². The molecule has 0 radical (unpaired) electrons. The average molecular weight is 490 g/mol. The van der Waals surface area contributed by atoms with Gasteiger partial charge >= 0.3 is 12.1 Å². The van der Waals surface area contributed by atoms with Crippen molar-refractivity contribution in [1.29, 1.82) is 5.26 Å². The van der Waals surface area contributed by atoms with E-state index in [0.29, 0.717) is 31.5 Å². The average Bonchev–Trinajstić information content (AvgIpc) is 3.21. The van der Waals surface area contributed by atoms with Gasteiger partial charge in [0.25, 0.3) is 5.91 Å². The summed E-state index contributed by atoms with van der Waals surface area (Å²) in [5.41, 5.74) is 4.21. The summed E-state index contributed by atoms with van der Waals surface area (Å²) in [6.07, 6.45) is 6.75. The molecule has 1 aliphatic heterocycles. The van der Waals surface area contributed by atoms with Crippen molar-refractivity contribution >= 4 is 18.0 Å². The maximum atomic E-state index is 12.9. The van der Waals surface area contributed by atoms with E-state index in [1.165, 1.54) is 0 Å². The predicted octanol–water partition coefficient (Wildman–Crippen LogP) is 4.87. The highest BCUT2D eigenvalue weighted by Crippen LogP contribution is 2.28. The van der Waals surface area contributed by atoms with E-state index >= 15 is 0 Å². The van der Waals surface area contributed by atoms with Crippen LogP contribution in [0, 0.1) is 11.5 Å². The van der Waals surface area contributed by atoms with Crippen molar-refractivity contribution in [3.05, 3.63) is 53.3 Å². The zero-order valence-electron chi connectivity index (χ0n) is 20.7. The number of hydrogen-bond donors (Lipinski definition) is 1. The number of carbonyl (C=O) groups is 3. The van der Waals surface area contributed by atoms with E-state index in [1.54, 1.807) is 11.1 Å². The lowest BCUT2D eigenvalue weighted by Crippen LogP contribution is -2.50. The quantitative estimate of drug-likeness (QED) is 0.457. The lowest BCUT2D eigenvalue weighted by atomic mass is 9.94. The van der Waals surface area contributed by atoms with Gasteiger partial charge in [-0.15, -0.1) is 0 Å². The smallest absolute Gasteiger partial charge is 0.415 e. The van der Waals surface area contributed by atoms with E-state index in [0.717, 1.165) is 51.3 Å². The second-order valence-electron chi connectivity index (χ2n) is 9.68. The number of nitrogens with zero attached hydrogens (tertiary/aromatic N) is 5. The predicted molar refractivity (Wildman–Crippen MR) is 133 cm³/mol. The largest absolute Gasteiger partial charge is 0.465 e. The third-order valence-corrected chi connectivity index (χ3v) is 7.01. The molecule has 0 bridgehead atoms. The van der Waals surface area contributed by atoms with Gasteiger partial charge in [0.15, 0.2) is 6.19 Å². The van der Waals surface area contributed by atoms with Crippen molar-refractivity contribution in [3.63, 3.8) is 0 Å². The number of carboxylic acid groups (broad SMARTS) is 1. The molecular formula is C27H31N5O4. The second kappa shape index (κ2) is 10.8. The van der Waals surface area contributed by atoms with Gasteiger partial charge in [0.05, 0.1) is 0 Å². The standard InChI is InChI=1S/C27H31N5O4/c1-18(2)31-16-22-14-21(15-29-24(22)25(31)33)20-10-8-19(9-11-20)12-13-30(17-28)26(34)32(27(35)36)23-6-4-3-5-7-23/h8-11,14-15,18,23H,3-7,12-13,16H2,1-2H3,(H,35,36). The molecule has 4 amide bonds. The van der Waals surface area contributed by atoms with E-state index in [9.17, 15) is 24.8 Å². The molecule has 9 heteroatoms. The van der Waals surface area contributed by atoms with Crippen LogP contribution in [0.2, 0.25) is 0 Å². The van der Waals surface area contributed by atoms with Crippen LogP contribution in [0.4, 0.5) is 9.59 Å². The Morgan fingerprint density at radius 2 is 1.86 bits per heavy atom. The van der Waals surface area contributed by atoms with Crippen LogP contribution in [-0.2, 0) is 13.0 Å². The number of imide groups is 1. The van der Waals surface area contributed by atoms with Gasteiger partial charge in [-0.05, 0) is 50.3 Å². The molecule has 2 aliphatic rings. The van der Waals surface area contributed by atoms with Crippen LogP contribution in [0.1, 0.15) is 67.6 Å². The summed E-state index contributed by atoms with van der Waals surface area (Å²) in [5, 5.41) is 19.2. The summed E-state index contributed by atoms with van der Waals surface area (Å²) >= 11 is 0. The number of urea groups is 1. The number of pyridine rings is 1. The lowest BCUT2D eigenvalue weighted by Gasteiger charge is -2.32. The second-order valence-corrected chi connectivity index (χ2v) is 9.68. The molecule has 188 valence electrons. The minimum absolute atomic E-state index is 0.0385. The van der Waals surface area contributed by atoms with Gasteiger partial charge in [0, 0.05) is 42.5 Å². The van der Waals surface area contributed by atoms with E-state index in [1.807, 2.05) is 50.4 Å². The summed E-state index contributed by atoms with van der Waals surface area (Å²) in [5.74, 6) is -0.0385. The topological polar surface area (TPSA) is 118 Å². The molecule has 0 atom stereocenters. The zero-order chi connectivity index (χ0) is 25.8. The first-order chi connectivity index (χ1) is 17.3. The Morgan fingerprint density at radius 1 is 1.17 bits per heavy atom. The normalized spacial score (nSPS) is 15.5. The lowest BCUT2D eigenvalue weighted by molar-refractivity contribution is 0.0726. The van der Waals surface area contributed by atoms with Crippen LogP contribution in [0.5, 0.6) is 0 Å². The van der Waals surface area contributed by atoms with Gasteiger partial charge < -0.3 is 10.0 Å². The van der Waals surface area contributed by atoms with Gasteiger partial charge in [0.1, 0.15) is 5.69 Å². The van der Waals surface area contributed by atoms with Crippen LogP contribution in [-0.4, -0.2) is 61.5 Å². The van der Waals surface area contributed by atoms with Crippen molar-refractivity contribution in [2.75, 3.05) is 6.54 Å². The number of carbonyl (C=O) groups excluding carboxylic acids is 2. The Morgan fingerprint density at radius 3 is 2.47 bits per heavy atom. The van der Waals surface area contributed by atoms with E-state index in [-0.39, 0.29) is 24.5 Å². The Balaban J connectivity index is 1.41. The number of hydrogen-bond acceptors (Lipinski definition) is 5. The van der Waals surface area contributed by atoms with Crippen molar-refractivity contribution in [2.24, 2.45) is 0 Å². The maximum Gasteiger partial charge on any atom is 0.415 e. The third-order valence-electron chi connectivity index (χ3n) is 7.01. The number of benzene rings is 1. The highest BCUT2D eigenvalue weighted by molar-refractivity contribution is 5.97. The molecular weight excluding hydrogens is 458 g/mol. The molecule has 1 aliphatic carbocycles. The first-order valence-electron chi connectivity index (χ1n) is 12.4. The fourth-order valence-electron chi connectivity index (χ4n) is 4.95. The van der Waals surface area contributed by atoms with Crippen LogP contribution in [0.25, 0.3) is 11.1 Å². The Kier molecular flexibility index (Phi) is 7.53. The molecule has 1 fully saturated rings. The van der Waals surface area contributed by atoms with Crippen LogP contribution >= 0.6 is 0 Å². The van der Waals surface area contributed by atoms with Crippen LogP contribution < -0.4 is 0 Å². The van der Waals surface area contributed by atoms with E-state index < -0.39 is 12.1 Å². The van der Waals surface area contributed by atoms with Crippen LogP contribution in [0.15, 0.2) is 36.5 Å². The molecule has 36 heavy (non-hydrogen) atoms. The monoisotopic (exact) mass is 489 g/mol. The highest BCUT2D eigenvalue weighted by Gasteiger charge is 2.34. The molecule has 1 aromatic heterocycles. The van der Waals surface area contributed by atoms with Crippen molar-refractivity contribution in [3.8, 4) is 17.3 Å². The zero-order valence-corrected chi connectivity index (χ0v) is 20.7. The first-order valence-corrected chi connectivity index (χ1v) is 12.4. The summed E-state index contributed by atoms with van der Waals surface area (Å²) in [6, 6.07) is 8.69. The summed E-state index contributed by atoms with van der Waals surface area (Å²) in [7, 11) is 0. The fraction of sp³-hybridized carbons (Fsp3) is 0.444. The molecule has 1 saturated carbocycles. The third kappa shape index (κ3) is 5.18. The van der Waals surface area contributed by atoms with Crippen molar-refractivity contribution < 1.29 is 19.5 Å². The van der Waals surface area contributed by atoms with Gasteiger partial charge in [0.2, 0.25) is 0 Å². The first kappa shape index (κ1) is 25.2. The molecule has 1 aromatic carbocycles. The number of fused-ring (bicyclic) bond motifs is 1. The van der Waals surface area contributed by atoms with Gasteiger partial charge in [-0.2, -0.15) is 5.26 Å². The molecule has 2 aromatic rings. The molecule has 1 N–H and O–H groups in total. The molecule has 4 rings (SSSR count). The van der Waals surface area contributed by atoms with Crippen molar-refractivity contribution in [1.82, 2.24) is 19.7 Å². The summed E-state index contributed by atoms with van der Waals surface area (Å²) < 4.78 is 0. The minimum atomic E-state index is -1.31. The molecule has 2 heterocycles. The molecule has 9 nitrogen and oxygen atoms in total. The highest BCUT2D eigenvalue weighted by atomic mass is 16.4. The van der Waals surface area contributed by atoms with Gasteiger partial charge in [-0.25, -0.2) is 19.4 Å². The van der Waals surface area contributed by atoms with E-state index in [4.69, 9.17) is 0 Å². The number of aromatic nitrogens is 1. The molecule has 0 spiro atoms. The Bertz CT molecular complexity index is 1180. The number of amides is 4.